The Hall–Kier alpha value is -3.60. The summed E-state index contributed by atoms with van der Waals surface area (Å²) in [5, 5.41) is 16.1. The van der Waals surface area contributed by atoms with Crippen LogP contribution in [0.25, 0.3) is 0 Å². The highest BCUT2D eigenvalue weighted by Crippen LogP contribution is 2.35. The molecule has 1 unspecified atom stereocenters. The molecule has 140 valence electrons. The lowest BCUT2D eigenvalue weighted by atomic mass is 9.98. The van der Waals surface area contributed by atoms with Gasteiger partial charge in [0.25, 0.3) is 5.91 Å². The zero-order valence-corrected chi connectivity index (χ0v) is 15.4. The minimum atomic E-state index is -0.191. The lowest BCUT2D eigenvalue weighted by molar-refractivity contribution is 0.0711. The number of hydrogen-bond acceptors (Lipinski definition) is 4. The summed E-state index contributed by atoms with van der Waals surface area (Å²) in [4.78, 5) is 13.1. The van der Waals surface area contributed by atoms with E-state index in [1.54, 1.807) is 35.3 Å². The van der Waals surface area contributed by atoms with E-state index in [2.05, 4.69) is 5.10 Å². The van der Waals surface area contributed by atoms with Crippen molar-refractivity contribution >= 4 is 11.6 Å². The summed E-state index contributed by atoms with van der Waals surface area (Å²) in [6, 6.07) is 24.0. The van der Waals surface area contributed by atoms with Gasteiger partial charge in [0, 0.05) is 17.5 Å². The highest BCUT2D eigenvalue weighted by Gasteiger charge is 2.33. The molecule has 0 aliphatic carbocycles. The maximum atomic E-state index is 13.1. The fraction of sp³-hybridized carbons (Fsp3) is 0.130. The molecule has 0 fully saturated rings. The van der Waals surface area contributed by atoms with Crippen LogP contribution in [0.3, 0.4) is 0 Å². The number of hydrazone groups is 1. The molecule has 28 heavy (non-hydrogen) atoms. The van der Waals surface area contributed by atoms with Crippen molar-refractivity contribution in [3.8, 4) is 11.5 Å². The summed E-state index contributed by atoms with van der Waals surface area (Å²) in [5.74, 6) is 0.307. The molecule has 5 heteroatoms. The summed E-state index contributed by atoms with van der Waals surface area (Å²) in [7, 11) is 1.51. The Morgan fingerprint density at radius 3 is 2.39 bits per heavy atom. The van der Waals surface area contributed by atoms with E-state index < -0.39 is 0 Å². The van der Waals surface area contributed by atoms with Crippen LogP contribution in [0.1, 0.15) is 33.9 Å². The molecule has 1 heterocycles. The van der Waals surface area contributed by atoms with E-state index >= 15 is 0 Å². The first kappa shape index (κ1) is 17.8. The van der Waals surface area contributed by atoms with Crippen molar-refractivity contribution < 1.29 is 14.6 Å². The fourth-order valence-corrected chi connectivity index (χ4v) is 3.38. The van der Waals surface area contributed by atoms with Gasteiger partial charge in [-0.1, -0.05) is 48.5 Å². The predicted octanol–water partition coefficient (Wildman–Crippen LogP) is 4.39. The van der Waals surface area contributed by atoms with Gasteiger partial charge in [0.1, 0.15) is 0 Å². The number of carbonyl (C=O) groups excluding carboxylic acids is 1. The van der Waals surface area contributed by atoms with Crippen molar-refractivity contribution in [2.75, 3.05) is 7.11 Å². The van der Waals surface area contributed by atoms with Crippen LogP contribution in [0.15, 0.2) is 84.0 Å². The van der Waals surface area contributed by atoms with E-state index in [0.29, 0.717) is 17.7 Å². The molecule has 0 saturated carbocycles. The number of amides is 1. The topological polar surface area (TPSA) is 62.1 Å². The maximum absolute atomic E-state index is 13.1. The smallest absolute Gasteiger partial charge is 0.274 e. The lowest BCUT2D eigenvalue weighted by Crippen LogP contribution is -2.27. The first-order chi connectivity index (χ1) is 13.7. The van der Waals surface area contributed by atoms with Gasteiger partial charge < -0.3 is 9.84 Å². The number of phenols is 1. The van der Waals surface area contributed by atoms with E-state index in [1.807, 2.05) is 48.5 Å². The van der Waals surface area contributed by atoms with E-state index in [9.17, 15) is 9.90 Å². The standard InChI is InChI=1S/C23H20N2O3/c1-28-22-14-18(12-13-21(22)26)19-15-20(16-8-4-2-5-9-16)25(24-19)23(27)17-10-6-3-7-11-17/h2-14,20,26H,15H2,1H3. The average Bonchev–Trinajstić information content (AvgIpc) is 3.20. The zero-order chi connectivity index (χ0) is 19.5. The summed E-state index contributed by atoms with van der Waals surface area (Å²) in [6.07, 6.45) is 0.580. The third-order valence-corrected chi connectivity index (χ3v) is 4.84. The molecule has 1 aliphatic rings. The van der Waals surface area contributed by atoms with Gasteiger partial charge in [-0.25, -0.2) is 5.01 Å². The number of hydrogen-bond donors (Lipinski definition) is 1. The molecule has 1 amide bonds. The van der Waals surface area contributed by atoms with Crippen LogP contribution in [0, 0.1) is 0 Å². The summed E-state index contributed by atoms with van der Waals surface area (Å²) < 4.78 is 5.21. The van der Waals surface area contributed by atoms with Crippen LogP contribution in [-0.4, -0.2) is 28.8 Å². The van der Waals surface area contributed by atoms with Gasteiger partial charge in [-0.15, -0.1) is 0 Å². The highest BCUT2D eigenvalue weighted by atomic mass is 16.5. The van der Waals surface area contributed by atoms with Crippen LogP contribution in [-0.2, 0) is 0 Å². The van der Waals surface area contributed by atoms with Crippen LogP contribution >= 0.6 is 0 Å². The first-order valence-electron chi connectivity index (χ1n) is 9.06. The van der Waals surface area contributed by atoms with Crippen molar-refractivity contribution in [1.29, 1.82) is 0 Å². The number of nitrogens with zero attached hydrogens (tertiary/aromatic N) is 2. The van der Waals surface area contributed by atoms with Gasteiger partial charge in [-0.3, -0.25) is 4.79 Å². The van der Waals surface area contributed by atoms with Crippen LogP contribution in [0.5, 0.6) is 11.5 Å². The first-order valence-corrected chi connectivity index (χ1v) is 9.06. The van der Waals surface area contributed by atoms with Crippen LogP contribution in [0.2, 0.25) is 0 Å². The molecule has 1 aliphatic heterocycles. The van der Waals surface area contributed by atoms with Crippen molar-refractivity contribution in [3.63, 3.8) is 0 Å². The van der Waals surface area contributed by atoms with E-state index in [-0.39, 0.29) is 17.7 Å². The van der Waals surface area contributed by atoms with Gasteiger partial charge >= 0.3 is 0 Å². The number of aromatic hydroxyl groups is 1. The van der Waals surface area contributed by atoms with E-state index in [1.165, 1.54) is 7.11 Å². The highest BCUT2D eigenvalue weighted by molar-refractivity contribution is 6.05. The van der Waals surface area contributed by atoms with Gasteiger partial charge in [0.15, 0.2) is 11.5 Å². The monoisotopic (exact) mass is 372 g/mol. The Kier molecular flexibility index (Phi) is 4.81. The molecule has 1 N–H and O–H groups in total. The summed E-state index contributed by atoms with van der Waals surface area (Å²) in [6.45, 7) is 0. The van der Waals surface area contributed by atoms with Crippen molar-refractivity contribution in [3.05, 3.63) is 95.6 Å². The maximum Gasteiger partial charge on any atom is 0.274 e. The Morgan fingerprint density at radius 2 is 1.71 bits per heavy atom. The molecule has 3 aromatic rings. The third-order valence-electron chi connectivity index (χ3n) is 4.84. The largest absolute Gasteiger partial charge is 0.504 e. The van der Waals surface area contributed by atoms with E-state index in [4.69, 9.17) is 4.74 Å². The molecule has 0 spiro atoms. The van der Waals surface area contributed by atoms with E-state index in [0.717, 1.165) is 16.8 Å². The number of ether oxygens (including phenoxy) is 1. The second-order valence-corrected chi connectivity index (χ2v) is 6.58. The molecule has 1 atom stereocenters. The Bertz CT molecular complexity index is 1020. The van der Waals surface area contributed by atoms with Crippen LogP contribution in [0.4, 0.5) is 0 Å². The molecular weight excluding hydrogens is 352 g/mol. The van der Waals surface area contributed by atoms with Crippen molar-refractivity contribution in [2.45, 2.75) is 12.5 Å². The minimum Gasteiger partial charge on any atom is -0.504 e. The zero-order valence-electron chi connectivity index (χ0n) is 15.4. The average molecular weight is 372 g/mol. The minimum absolute atomic E-state index is 0.0710. The SMILES string of the molecule is COc1cc(C2=NN(C(=O)c3ccccc3)C(c3ccccc3)C2)ccc1O. The molecule has 0 bridgehead atoms. The molecule has 4 rings (SSSR count). The second-order valence-electron chi connectivity index (χ2n) is 6.58. The number of methoxy groups -OCH3 is 1. The quantitative estimate of drug-likeness (QED) is 0.739. The molecule has 0 aromatic heterocycles. The lowest BCUT2D eigenvalue weighted by Gasteiger charge is -2.22. The van der Waals surface area contributed by atoms with Gasteiger partial charge in [0.2, 0.25) is 0 Å². The predicted molar refractivity (Wildman–Crippen MR) is 108 cm³/mol. The molecular formula is C23H20N2O3. The normalized spacial score (nSPS) is 16.0. The van der Waals surface area contributed by atoms with Gasteiger partial charge in [-0.05, 0) is 35.9 Å². The molecule has 3 aromatic carbocycles. The fourth-order valence-electron chi connectivity index (χ4n) is 3.38. The van der Waals surface area contributed by atoms with Gasteiger partial charge in [-0.2, -0.15) is 5.10 Å². The summed E-state index contributed by atoms with van der Waals surface area (Å²) >= 11 is 0. The number of rotatable bonds is 4. The second kappa shape index (κ2) is 7.56. The third kappa shape index (κ3) is 3.34. The molecule has 0 radical (unpaired) electrons. The molecule has 5 nitrogen and oxygen atoms in total. The van der Waals surface area contributed by atoms with Crippen molar-refractivity contribution in [1.82, 2.24) is 5.01 Å². The van der Waals surface area contributed by atoms with Crippen molar-refractivity contribution in [2.24, 2.45) is 5.10 Å². The Balaban J connectivity index is 1.74. The summed E-state index contributed by atoms with van der Waals surface area (Å²) in [5.41, 5.74) is 3.21. The Morgan fingerprint density at radius 1 is 1.04 bits per heavy atom. The van der Waals surface area contributed by atoms with Gasteiger partial charge in [0.05, 0.1) is 18.9 Å². The number of phenolic OH excluding ortho intramolecular Hbond substituents is 1. The number of benzene rings is 3. The Labute approximate surface area is 163 Å². The number of carbonyl (C=O) groups is 1. The molecule has 0 saturated heterocycles. The van der Waals surface area contributed by atoms with Crippen LogP contribution < -0.4 is 4.74 Å².